The van der Waals surface area contributed by atoms with Crippen LogP contribution in [0.3, 0.4) is 0 Å². The van der Waals surface area contributed by atoms with Gasteiger partial charge in [0.15, 0.2) is 0 Å². The summed E-state index contributed by atoms with van der Waals surface area (Å²) in [5.74, 6) is 0. The molecule has 60 valence electrons. The summed E-state index contributed by atoms with van der Waals surface area (Å²) in [5.41, 5.74) is 1.18. The second-order valence-corrected chi connectivity index (χ2v) is 2.01. The normalized spacial score (nSPS) is 8.33. The topological polar surface area (TPSA) is 58.5 Å². The molecule has 12 heavy (non-hydrogen) atoms. The Morgan fingerprint density at radius 2 is 2.00 bits per heavy atom. The summed E-state index contributed by atoms with van der Waals surface area (Å²) in [4.78, 5) is 23.2. The van der Waals surface area contributed by atoms with Gasteiger partial charge in [0.1, 0.15) is 0 Å². The first-order valence-electron chi connectivity index (χ1n) is 3.25. The van der Waals surface area contributed by atoms with E-state index in [9.17, 15) is 9.59 Å². The summed E-state index contributed by atoms with van der Waals surface area (Å²) < 4.78 is 0. The Balaban J connectivity index is 2.84. The monoisotopic (exact) mass is 162 g/mol. The van der Waals surface area contributed by atoms with Crippen LogP contribution in [0.15, 0.2) is 29.3 Å². The first-order valence-corrected chi connectivity index (χ1v) is 3.25. The fourth-order valence-corrected chi connectivity index (χ4v) is 0.753. The van der Waals surface area contributed by atoms with E-state index in [1.807, 2.05) is 0 Å². The molecule has 0 aliphatic carbocycles. The molecule has 0 bridgehead atoms. The maximum Gasteiger partial charge on any atom is 0.240 e. The molecule has 1 N–H and O–H groups in total. The number of nitrogens with one attached hydrogen (secondary N) is 1. The zero-order chi connectivity index (χ0) is 8.81. The van der Waals surface area contributed by atoms with Crippen LogP contribution in [-0.2, 0) is 9.59 Å². The molecule has 1 rings (SSSR count). The molecule has 0 saturated heterocycles. The Hall–Kier alpha value is -1.93. The number of hydrogen-bond donors (Lipinski definition) is 1. The van der Waals surface area contributed by atoms with Gasteiger partial charge in [0.25, 0.3) is 0 Å². The minimum atomic E-state index is 0.515. The van der Waals surface area contributed by atoms with E-state index >= 15 is 0 Å². The Labute approximate surface area is 68.9 Å². The third kappa shape index (κ3) is 2.04. The van der Waals surface area contributed by atoms with Crippen molar-refractivity contribution in [3.8, 4) is 0 Å². The lowest BCUT2D eigenvalue weighted by atomic mass is 10.3. The summed E-state index contributed by atoms with van der Waals surface area (Å²) >= 11 is 0. The number of aliphatic imine (C=N–C) groups is 1. The third-order valence-corrected chi connectivity index (χ3v) is 1.27. The maximum absolute atomic E-state index is 9.99. The number of carbonyl (C=O) groups is 1. The number of anilines is 1. The molecule has 0 aliphatic rings. The third-order valence-electron chi connectivity index (χ3n) is 1.27. The number of benzene rings is 1. The average molecular weight is 162 g/mol. The quantitative estimate of drug-likeness (QED) is 0.412. The molecular formula is C8H6N2O2. The molecule has 0 spiro atoms. The molecule has 0 aliphatic heterocycles. The van der Waals surface area contributed by atoms with Crippen molar-refractivity contribution in [2.24, 2.45) is 4.99 Å². The minimum absolute atomic E-state index is 0.515. The number of nitrogens with zero attached hydrogens (tertiary/aromatic N) is 1. The Morgan fingerprint density at radius 1 is 1.33 bits per heavy atom. The van der Waals surface area contributed by atoms with Gasteiger partial charge >= 0.3 is 0 Å². The van der Waals surface area contributed by atoms with Gasteiger partial charge in [0.05, 0.1) is 5.69 Å². The molecule has 1 amide bonds. The number of carbonyl (C=O) groups excluding carboxylic acids is 2. The average Bonchev–Trinajstić information content (AvgIpc) is 2.09. The standard InChI is InChI=1S/C8H6N2O2/c11-5-9-7-1-2-8(4-3-7)10-6-12/h1-5H,(H,9,11). The number of amides is 1. The van der Waals surface area contributed by atoms with Gasteiger partial charge in [0, 0.05) is 5.69 Å². The van der Waals surface area contributed by atoms with Gasteiger partial charge in [-0.25, -0.2) is 4.79 Å². The first kappa shape index (κ1) is 8.17. The Morgan fingerprint density at radius 3 is 2.50 bits per heavy atom. The van der Waals surface area contributed by atoms with Gasteiger partial charge in [-0.15, -0.1) is 0 Å². The van der Waals surface area contributed by atoms with Gasteiger partial charge < -0.3 is 5.32 Å². The summed E-state index contributed by atoms with van der Waals surface area (Å²) in [6.45, 7) is 0. The van der Waals surface area contributed by atoms with Crippen LogP contribution in [0.1, 0.15) is 0 Å². The van der Waals surface area contributed by atoms with Gasteiger partial charge in [-0.05, 0) is 24.3 Å². The van der Waals surface area contributed by atoms with Crippen molar-refractivity contribution in [3.05, 3.63) is 24.3 Å². The van der Waals surface area contributed by atoms with Crippen LogP contribution >= 0.6 is 0 Å². The fraction of sp³-hybridized carbons (Fsp3) is 0. The van der Waals surface area contributed by atoms with Crippen LogP contribution in [0.4, 0.5) is 11.4 Å². The maximum atomic E-state index is 9.99. The molecule has 0 aromatic heterocycles. The van der Waals surface area contributed by atoms with E-state index < -0.39 is 0 Å². The number of isocyanates is 1. The second-order valence-electron chi connectivity index (χ2n) is 2.01. The van der Waals surface area contributed by atoms with Gasteiger partial charge in [0.2, 0.25) is 12.5 Å². The summed E-state index contributed by atoms with van der Waals surface area (Å²) in [7, 11) is 0. The van der Waals surface area contributed by atoms with Crippen molar-refractivity contribution in [2.45, 2.75) is 0 Å². The molecule has 0 saturated carbocycles. The largest absolute Gasteiger partial charge is 0.329 e. The lowest BCUT2D eigenvalue weighted by Gasteiger charge is -1.96. The van der Waals surface area contributed by atoms with E-state index in [0.29, 0.717) is 17.8 Å². The van der Waals surface area contributed by atoms with Crippen molar-refractivity contribution in [3.63, 3.8) is 0 Å². The van der Waals surface area contributed by atoms with Crippen LogP contribution in [0, 0.1) is 0 Å². The van der Waals surface area contributed by atoms with Gasteiger partial charge in [-0.1, -0.05) is 0 Å². The molecule has 0 fully saturated rings. The van der Waals surface area contributed by atoms with Crippen LogP contribution in [0.2, 0.25) is 0 Å². The van der Waals surface area contributed by atoms with Crippen molar-refractivity contribution in [1.29, 1.82) is 0 Å². The summed E-state index contributed by atoms with van der Waals surface area (Å²) in [6.07, 6.45) is 2.00. The Bertz CT molecular complexity index is 312. The van der Waals surface area contributed by atoms with Crippen molar-refractivity contribution in [1.82, 2.24) is 0 Å². The minimum Gasteiger partial charge on any atom is -0.329 e. The first-order chi connectivity index (χ1) is 5.86. The Kier molecular flexibility index (Phi) is 2.76. The van der Waals surface area contributed by atoms with E-state index in [4.69, 9.17) is 0 Å². The molecule has 0 heterocycles. The van der Waals surface area contributed by atoms with Gasteiger partial charge in [-0.3, -0.25) is 4.79 Å². The zero-order valence-electron chi connectivity index (χ0n) is 6.15. The van der Waals surface area contributed by atoms with Crippen molar-refractivity contribution >= 4 is 23.9 Å². The molecular weight excluding hydrogens is 156 g/mol. The smallest absolute Gasteiger partial charge is 0.240 e. The molecule has 0 atom stereocenters. The molecule has 1 aromatic rings. The molecule has 0 radical (unpaired) electrons. The van der Waals surface area contributed by atoms with Crippen molar-refractivity contribution < 1.29 is 9.59 Å². The van der Waals surface area contributed by atoms with E-state index in [1.54, 1.807) is 24.3 Å². The van der Waals surface area contributed by atoms with E-state index in [2.05, 4.69) is 10.3 Å². The highest BCUT2D eigenvalue weighted by Crippen LogP contribution is 2.14. The van der Waals surface area contributed by atoms with E-state index in [-0.39, 0.29) is 0 Å². The SMILES string of the molecule is O=C=Nc1ccc(NC=O)cc1. The number of rotatable bonds is 3. The van der Waals surface area contributed by atoms with Crippen LogP contribution in [-0.4, -0.2) is 12.5 Å². The molecule has 1 aromatic carbocycles. The van der Waals surface area contributed by atoms with Crippen LogP contribution in [0.5, 0.6) is 0 Å². The summed E-state index contributed by atoms with van der Waals surface area (Å²) in [5, 5.41) is 2.46. The van der Waals surface area contributed by atoms with Crippen molar-refractivity contribution in [2.75, 3.05) is 5.32 Å². The lowest BCUT2D eigenvalue weighted by molar-refractivity contribution is -0.105. The van der Waals surface area contributed by atoms with Crippen LogP contribution in [0.25, 0.3) is 0 Å². The highest BCUT2D eigenvalue weighted by atomic mass is 16.1. The number of hydrogen-bond acceptors (Lipinski definition) is 3. The second kappa shape index (κ2) is 4.05. The lowest BCUT2D eigenvalue weighted by Crippen LogP contribution is -1.91. The predicted molar refractivity (Wildman–Crippen MR) is 43.9 cm³/mol. The fourth-order valence-electron chi connectivity index (χ4n) is 0.753. The summed E-state index contributed by atoms with van der Waals surface area (Å²) in [6, 6.07) is 6.50. The molecule has 4 heteroatoms. The van der Waals surface area contributed by atoms with Crippen LogP contribution < -0.4 is 5.32 Å². The zero-order valence-corrected chi connectivity index (χ0v) is 6.15. The van der Waals surface area contributed by atoms with E-state index in [1.165, 1.54) is 6.08 Å². The highest BCUT2D eigenvalue weighted by Gasteiger charge is 1.89. The van der Waals surface area contributed by atoms with E-state index in [0.717, 1.165) is 0 Å². The predicted octanol–water partition coefficient (Wildman–Crippen LogP) is 1.22. The molecule has 0 unspecified atom stereocenters. The van der Waals surface area contributed by atoms with Gasteiger partial charge in [-0.2, -0.15) is 4.99 Å². The molecule has 4 nitrogen and oxygen atoms in total. The highest BCUT2D eigenvalue weighted by molar-refractivity contribution is 5.71.